The van der Waals surface area contributed by atoms with E-state index in [-0.39, 0.29) is 23.7 Å². The van der Waals surface area contributed by atoms with Gasteiger partial charge in [0.05, 0.1) is 18.1 Å². The second kappa shape index (κ2) is 9.69. The first-order valence-electron chi connectivity index (χ1n) is 12.1. The summed E-state index contributed by atoms with van der Waals surface area (Å²) in [6.07, 6.45) is 10.6. The van der Waals surface area contributed by atoms with E-state index >= 15 is 0 Å². The highest BCUT2D eigenvalue weighted by Crippen LogP contribution is 2.53. The maximum absolute atomic E-state index is 12.7. The van der Waals surface area contributed by atoms with E-state index in [4.69, 9.17) is 0 Å². The molecule has 2 unspecified atom stereocenters. The molecule has 6 nitrogen and oxygen atoms in total. The third-order valence-electron chi connectivity index (χ3n) is 7.81. The number of aliphatic hydroxyl groups is 2. The van der Waals surface area contributed by atoms with Gasteiger partial charge in [0.2, 0.25) is 5.91 Å². The van der Waals surface area contributed by atoms with Gasteiger partial charge in [0.25, 0.3) is 0 Å². The number of nitrogens with one attached hydrogen (secondary N) is 1. The summed E-state index contributed by atoms with van der Waals surface area (Å²) in [5, 5.41) is 26.3. The number of likely N-dealkylation sites (tertiary alicyclic amines) is 1. The normalized spacial score (nSPS) is 29.4. The molecule has 1 aromatic heterocycles. The molecule has 1 amide bonds. The van der Waals surface area contributed by atoms with Crippen LogP contribution < -0.4 is 5.32 Å². The minimum Gasteiger partial charge on any atom is -0.388 e. The van der Waals surface area contributed by atoms with Gasteiger partial charge in [0.15, 0.2) is 0 Å². The van der Waals surface area contributed by atoms with Crippen LogP contribution in [-0.2, 0) is 11.2 Å². The van der Waals surface area contributed by atoms with Crippen molar-refractivity contribution in [2.24, 2.45) is 16.7 Å². The zero-order valence-corrected chi connectivity index (χ0v) is 21.0. The molecular weight excluding hydrogens is 414 g/mol. The lowest BCUT2D eigenvalue weighted by atomic mass is 9.55. The summed E-state index contributed by atoms with van der Waals surface area (Å²) in [6, 6.07) is 3.28. The average Bonchev–Trinajstić information content (AvgIpc) is 2.76. The molecule has 182 valence electrons. The first kappa shape index (κ1) is 25.6. The smallest absolute Gasteiger partial charge is 0.224 e. The summed E-state index contributed by atoms with van der Waals surface area (Å²) in [5.74, 6) is -0.0794. The molecule has 2 aliphatic rings. The van der Waals surface area contributed by atoms with Crippen molar-refractivity contribution >= 4 is 5.91 Å². The van der Waals surface area contributed by atoms with Crippen LogP contribution in [0.15, 0.2) is 48.3 Å². The van der Waals surface area contributed by atoms with Crippen molar-refractivity contribution in [2.45, 2.75) is 78.7 Å². The first-order chi connectivity index (χ1) is 15.4. The third kappa shape index (κ3) is 5.23. The fourth-order valence-corrected chi connectivity index (χ4v) is 5.51. The lowest BCUT2D eigenvalue weighted by molar-refractivity contribution is -0.197. The monoisotopic (exact) mass is 455 g/mol. The predicted octanol–water partition coefficient (Wildman–Crippen LogP) is 3.46. The van der Waals surface area contributed by atoms with E-state index in [0.717, 1.165) is 12.0 Å². The number of aromatic nitrogens is 1. The number of amides is 1. The topological polar surface area (TPSA) is 85.7 Å². The predicted molar refractivity (Wildman–Crippen MR) is 131 cm³/mol. The Morgan fingerprint density at radius 1 is 1.30 bits per heavy atom. The molecule has 0 spiro atoms. The van der Waals surface area contributed by atoms with Crippen molar-refractivity contribution in [3.8, 4) is 0 Å². The summed E-state index contributed by atoms with van der Waals surface area (Å²) in [4.78, 5) is 18.8. The number of aliphatic hydroxyl groups excluding tert-OH is 1. The Bertz CT molecular complexity index is 895. The molecule has 1 fully saturated rings. The number of carbonyl (C=O) groups excluding carboxylic acids is 1. The Hall–Kier alpha value is -2.02. The van der Waals surface area contributed by atoms with E-state index in [1.54, 1.807) is 12.4 Å². The maximum Gasteiger partial charge on any atom is 0.224 e. The van der Waals surface area contributed by atoms with Gasteiger partial charge in [-0.25, -0.2) is 0 Å². The molecule has 1 aromatic rings. The molecule has 1 aliphatic heterocycles. The van der Waals surface area contributed by atoms with Gasteiger partial charge in [0.1, 0.15) is 6.23 Å². The summed E-state index contributed by atoms with van der Waals surface area (Å²) in [7, 11) is 0. The molecule has 6 heteroatoms. The highest BCUT2D eigenvalue weighted by atomic mass is 16.3. The van der Waals surface area contributed by atoms with Gasteiger partial charge < -0.3 is 15.5 Å². The number of piperidine rings is 1. The number of carbonyl (C=O) groups is 1. The summed E-state index contributed by atoms with van der Waals surface area (Å²) < 4.78 is 0. The van der Waals surface area contributed by atoms with Crippen LogP contribution in [0.4, 0.5) is 0 Å². The molecule has 0 bridgehead atoms. The molecule has 33 heavy (non-hydrogen) atoms. The number of allylic oxidation sites excluding steroid dienone is 3. The second-order valence-electron chi connectivity index (χ2n) is 11.2. The van der Waals surface area contributed by atoms with Crippen molar-refractivity contribution in [1.29, 1.82) is 0 Å². The first-order valence-corrected chi connectivity index (χ1v) is 12.1. The fraction of sp³-hybridized carbons (Fsp3) is 0.630. The minimum atomic E-state index is -0.902. The Morgan fingerprint density at radius 3 is 2.58 bits per heavy atom. The van der Waals surface area contributed by atoms with Crippen LogP contribution in [-0.4, -0.2) is 57.0 Å². The molecule has 0 saturated carbocycles. The lowest BCUT2D eigenvalue weighted by Crippen LogP contribution is -2.67. The van der Waals surface area contributed by atoms with E-state index in [9.17, 15) is 15.0 Å². The molecule has 3 N–H and O–H groups in total. The van der Waals surface area contributed by atoms with Gasteiger partial charge in [-0.3, -0.25) is 14.7 Å². The van der Waals surface area contributed by atoms with E-state index in [0.29, 0.717) is 19.5 Å². The summed E-state index contributed by atoms with van der Waals surface area (Å²) >= 11 is 0. The molecule has 1 aliphatic carbocycles. The van der Waals surface area contributed by atoms with Crippen LogP contribution in [0.2, 0.25) is 0 Å². The largest absolute Gasteiger partial charge is 0.388 e. The third-order valence-corrected chi connectivity index (χ3v) is 7.81. The van der Waals surface area contributed by atoms with E-state index < -0.39 is 23.3 Å². The van der Waals surface area contributed by atoms with Gasteiger partial charge in [-0.15, -0.1) is 0 Å². The van der Waals surface area contributed by atoms with Crippen LogP contribution in [0, 0.1) is 16.7 Å². The van der Waals surface area contributed by atoms with Crippen molar-refractivity contribution in [1.82, 2.24) is 15.2 Å². The average molecular weight is 456 g/mol. The Labute approximate surface area is 198 Å². The lowest BCUT2D eigenvalue weighted by Gasteiger charge is -2.59. The van der Waals surface area contributed by atoms with E-state index in [1.165, 1.54) is 5.57 Å². The molecule has 0 aromatic carbocycles. The molecule has 1 saturated heterocycles. The minimum absolute atomic E-state index is 0.0497. The van der Waals surface area contributed by atoms with E-state index in [2.05, 4.69) is 56.2 Å². The van der Waals surface area contributed by atoms with Crippen LogP contribution >= 0.6 is 0 Å². The van der Waals surface area contributed by atoms with Gasteiger partial charge in [0, 0.05) is 36.3 Å². The van der Waals surface area contributed by atoms with Crippen LogP contribution in [0.5, 0.6) is 0 Å². The molecular formula is C27H41N3O3. The fourth-order valence-electron chi connectivity index (χ4n) is 5.51. The Balaban J connectivity index is 1.71. The highest BCUT2D eigenvalue weighted by Gasteiger charge is 2.57. The molecule has 2 heterocycles. The second-order valence-corrected chi connectivity index (χ2v) is 11.2. The van der Waals surface area contributed by atoms with Crippen molar-refractivity contribution in [3.05, 3.63) is 53.9 Å². The van der Waals surface area contributed by atoms with Crippen LogP contribution in [0.25, 0.3) is 0 Å². The quantitative estimate of drug-likeness (QED) is 0.586. The maximum atomic E-state index is 12.7. The van der Waals surface area contributed by atoms with E-state index in [1.807, 2.05) is 30.9 Å². The number of hydrogen-bond donors (Lipinski definition) is 3. The molecule has 0 radical (unpaired) electrons. The summed E-state index contributed by atoms with van der Waals surface area (Å²) in [5.41, 5.74) is 0.354. The number of pyridine rings is 1. The number of nitrogens with zero attached hydrogens (tertiary/aromatic N) is 2. The van der Waals surface area contributed by atoms with Crippen LogP contribution in [0.3, 0.4) is 0 Å². The standard InChI is InChI=1S/C27H41N3O3/c1-19(2)23(29-22(31)16-21-8-7-14-28-17-21)24(32)30-15-13-27(33,25(4,5)18-30)26(6)11-9-20(3)10-12-26/h7-11,14,17,19,23-24,32-33H,12-13,15-16,18H2,1-6H3,(H,29,31)/t23-,24?,26?,27-/m1/s1. The zero-order chi connectivity index (χ0) is 24.4. The Kier molecular flexibility index (Phi) is 7.52. The Morgan fingerprint density at radius 2 is 2.03 bits per heavy atom. The van der Waals surface area contributed by atoms with Crippen molar-refractivity contribution < 1.29 is 15.0 Å². The van der Waals surface area contributed by atoms with Crippen molar-refractivity contribution in [2.75, 3.05) is 13.1 Å². The molecule has 4 atom stereocenters. The van der Waals surface area contributed by atoms with Gasteiger partial charge in [-0.05, 0) is 37.3 Å². The number of hydrogen-bond acceptors (Lipinski definition) is 5. The molecule has 3 rings (SSSR count). The van der Waals surface area contributed by atoms with Gasteiger partial charge >= 0.3 is 0 Å². The zero-order valence-electron chi connectivity index (χ0n) is 21.0. The van der Waals surface area contributed by atoms with Crippen LogP contribution in [0.1, 0.15) is 59.9 Å². The summed E-state index contributed by atoms with van der Waals surface area (Å²) in [6.45, 7) is 13.5. The van der Waals surface area contributed by atoms with Gasteiger partial charge in [-0.2, -0.15) is 0 Å². The van der Waals surface area contributed by atoms with Crippen molar-refractivity contribution in [3.63, 3.8) is 0 Å². The SMILES string of the molecule is CC1=CCC(C)([C@@]2(O)CCN(C(O)[C@H](NC(=O)Cc3cccnc3)C(C)C)CC2(C)C)C=C1. The number of rotatable bonds is 7. The van der Waals surface area contributed by atoms with Gasteiger partial charge in [-0.1, -0.05) is 64.5 Å². The highest BCUT2D eigenvalue weighted by molar-refractivity contribution is 5.78.